The van der Waals surface area contributed by atoms with Crippen molar-refractivity contribution in [2.24, 2.45) is 0 Å². The second kappa shape index (κ2) is 12.2. The fourth-order valence-electron chi connectivity index (χ4n) is 5.68. The molecule has 5 aromatic rings. The number of pyridine rings is 1. The van der Waals surface area contributed by atoms with Crippen LogP contribution in [0.5, 0.6) is 5.75 Å². The summed E-state index contributed by atoms with van der Waals surface area (Å²) in [7, 11) is 0. The van der Waals surface area contributed by atoms with Gasteiger partial charge in [0.05, 0.1) is 12.3 Å². The molecule has 0 aliphatic carbocycles. The highest BCUT2D eigenvalue weighted by molar-refractivity contribution is 6.00. The van der Waals surface area contributed by atoms with Gasteiger partial charge in [-0.05, 0) is 67.1 Å². The molecule has 1 fully saturated rings. The minimum Gasteiger partial charge on any atom is -0.491 e. The number of aromatic amines is 1. The van der Waals surface area contributed by atoms with E-state index >= 15 is 4.39 Å². The first-order chi connectivity index (χ1) is 21.4. The third-order valence-corrected chi connectivity index (χ3v) is 7.99. The molecule has 0 spiro atoms. The van der Waals surface area contributed by atoms with Gasteiger partial charge in [0.15, 0.2) is 11.6 Å². The molecule has 1 aliphatic heterocycles. The number of fused-ring (bicyclic) bond motifs is 1. The molecule has 44 heavy (non-hydrogen) atoms. The van der Waals surface area contributed by atoms with Gasteiger partial charge in [0.1, 0.15) is 17.7 Å². The summed E-state index contributed by atoms with van der Waals surface area (Å²) in [6.07, 6.45) is 4.92. The van der Waals surface area contributed by atoms with Crippen molar-refractivity contribution in [3.63, 3.8) is 0 Å². The van der Waals surface area contributed by atoms with Crippen LogP contribution in [0.15, 0.2) is 85.2 Å². The highest BCUT2D eigenvalue weighted by Crippen LogP contribution is 2.35. The number of hydrogen-bond acceptors (Lipinski definition) is 6. The molecule has 1 atom stereocenters. The van der Waals surface area contributed by atoms with E-state index in [0.29, 0.717) is 60.1 Å². The minimum atomic E-state index is -0.712. The number of anilines is 2. The number of nitrogens with two attached hydrogens (primary N) is 1. The SMILES string of the molecule is C=C1CCN(C(=O)c2ccccc2-c2c[nH]c(C(Nc3ccc4c(N)nccc4c3)c3cc(CC)cc(OCC)c3F)n2)C1. The molecule has 3 aromatic carbocycles. The largest absolute Gasteiger partial charge is 0.491 e. The lowest BCUT2D eigenvalue weighted by molar-refractivity contribution is 0.0797. The highest BCUT2D eigenvalue weighted by Gasteiger charge is 2.27. The second-order valence-corrected chi connectivity index (χ2v) is 10.9. The summed E-state index contributed by atoms with van der Waals surface area (Å²) in [6, 6.07) is 17.9. The Kier molecular flexibility index (Phi) is 8.02. The highest BCUT2D eigenvalue weighted by atomic mass is 19.1. The fraction of sp³-hybridized carbons (Fsp3) is 0.229. The topological polar surface area (TPSA) is 109 Å². The van der Waals surface area contributed by atoms with Crippen LogP contribution in [-0.4, -0.2) is 45.5 Å². The summed E-state index contributed by atoms with van der Waals surface area (Å²) in [6.45, 7) is 9.42. The van der Waals surface area contributed by atoms with E-state index in [1.807, 2.05) is 73.3 Å². The number of nitrogens with zero attached hydrogens (tertiary/aromatic N) is 3. The summed E-state index contributed by atoms with van der Waals surface area (Å²) in [5, 5.41) is 5.23. The van der Waals surface area contributed by atoms with Crippen molar-refractivity contribution in [3.8, 4) is 17.0 Å². The van der Waals surface area contributed by atoms with Gasteiger partial charge < -0.3 is 25.7 Å². The van der Waals surface area contributed by atoms with Gasteiger partial charge in [-0.25, -0.2) is 14.4 Å². The number of nitrogens with one attached hydrogen (secondary N) is 2. The van der Waals surface area contributed by atoms with E-state index in [1.54, 1.807) is 18.5 Å². The van der Waals surface area contributed by atoms with Crippen molar-refractivity contribution in [1.29, 1.82) is 0 Å². The summed E-state index contributed by atoms with van der Waals surface area (Å²) in [5.41, 5.74) is 11.0. The zero-order valence-electron chi connectivity index (χ0n) is 24.9. The summed E-state index contributed by atoms with van der Waals surface area (Å²) in [5.74, 6) is 0.600. The molecule has 9 heteroatoms. The smallest absolute Gasteiger partial charge is 0.254 e. The quantitative estimate of drug-likeness (QED) is 0.161. The molecule has 224 valence electrons. The number of amides is 1. The molecule has 6 rings (SSSR count). The van der Waals surface area contributed by atoms with Crippen molar-refractivity contribution in [2.75, 3.05) is 30.7 Å². The molecule has 0 radical (unpaired) electrons. The third-order valence-electron chi connectivity index (χ3n) is 7.99. The predicted octanol–water partition coefficient (Wildman–Crippen LogP) is 6.91. The molecule has 0 saturated carbocycles. The number of aryl methyl sites for hydroxylation is 1. The number of H-pyrrole nitrogens is 1. The summed E-state index contributed by atoms with van der Waals surface area (Å²) >= 11 is 0. The van der Waals surface area contributed by atoms with Crippen LogP contribution in [0.25, 0.3) is 22.0 Å². The Morgan fingerprint density at radius 2 is 2.02 bits per heavy atom. The lowest BCUT2D eigenvalue weighted by Gasteiger charge is -2.22. The van der Waals surface area contributed by atoms with Gasteiger partial charge in [0.25, 0.3) is 5.91 Å². The standard InChI is InChI=1S/C35H35FN6O2/c1-4-22-16-28(31(36)30(17-22)44-5-2)32(40-24-10-11-25-23(18-24)12-14-38-33(25)37)34-39-19-29(41-34)26-8-6-7-9-27(26)35(43)42-15-13-21(3)20-42/h6-12,14,16-19,32,40H,3-5,13,15,20H2,1-2H3,(H2,37,38)(H,39,41). The summed E-state index contributed by atoms with van der Waals surface area (Å²) in [4.78, 5) is 27.7. The number of nitrogen functional groups attached to an aromatic ring is 1. The minimum absolute atomic E-state index is 0.0635. The van der Waals surface area contributed by atoms with Crippen molar-refractivity contribution in [1.82, 2.24) is 19.9 Å². The van der Waals surface area contributed by atoms with E-state index < -0.39 is 11.9 Å². The van der Waals surface area contributed by atoms with E-state index in [9.17, 15) is 4.79 Å². The Bertz CT molecular complexity index is 1870. The fourth-order valence-corrected chi connectivity index (χ4v) is 5.68. The number of aromatic nitrogens is 3. The van der Waals surface area contributed by atoms with Gasteiger partial charge >= 0.3 is 0 Å². The number of imidazole rings is 1. The zero-order valence-corrected chi connectivity index (χ0v) is 24.9. The lowest BCUT2D eigenvalue weighted by Crippen LogP contribution is -2.28. The number of rotatable bonds is 9. The molecule has 1 aliphatic rings. The number of carbonyl (C=O) groups excluding carboxylic acids is 1. The van der Waals surface area contributed by atoms with Crippen molar-refractivity contribution in [3.05, 3.63) is 114 Å². The van der Waals surface area contributed by atoms with Crippen LogP contribution in [0.4, 0.5) is 15.9 Å². The van der Waals surface area contributed by atoms with E-state index in [1.165, 1.54) is 0 Å². The molecule has 0 bridgehead atoms. The van der Waals surface area contributed by atoms with Gasteiger partial charge in [-0.2, -0.15) is 0 Å². The number of carbonyl (C=O) groups is 1. The number of hydrogen-bond donors (Lipinski definition) is 3. The van der Waals surface area contributed by atoms with E-state index in [4.69, 9.17) is 15.5 Å². The van der Waals surface area contributed by atoms with Gasteiger partial charge in [-0.15, -0.1) is 0 Å². The predicted molar refractivity (Wildman–Crippen MR) is 172 cm³/mol. The molecule has 8 nitrogen and oxygen atoms in total. The molecular formula is C35H35FN6O2. The van der Waals surface area contributed by atoms with Gasteiger partial charge in [-0.1, -0.05) is 43.3 Å². The maximum Gasteiger partial charge on any atom is 0.254 e. The van der Waals surface area contributed by atoms with Gasteiger partial charge in [-0.3, -0.25) is 4.79 Å². The lowest BCUT2D eigenvalue weighted by atomic mass is 9.99. The molecule has 2 aromatic heterocycles. The van der Waals surface area contributed by atoms with Gasteiger partial charge in [0, 0.05) is 53.2 Å². The normalized spacial score (nSPS) is 13.8. The average Bonchev–Trinajstić information content (AvgIpc) is 3.70. The first kappa shape index (κ1) is 28.9. The molecule has 4 N–H and O–H groups in total. The zero-order chi connectivity index (χ0) is 30.8. The Morgan fingerprint density at radius 3 is 2.80 bits per heavy atom. The van der Waals surface area contributed by atoms with Crippen molar-refractivity contribution in [2.45, 2.75) is 32.7 Å². The Morgan fingerprint density at radius 1 is 1.18 bits per heavy atom. The van der Waals surface area contributed by atoms with Crippen LogP contribution < -0.4 is 15.8 Å². The maximum atomic E-state index is 16.1. The van der Waals surface area contributed by atoms with Crippen LogP contribution in [0.2, 0.25) is 0 Å². The molecule has 1 amide bonds. The number of likely N-dealkylation sites (tertiary alicyclic amines) is 1. The molecule has 3 heterocycles. The van der Waals surface area contributed by atoms with E-state index in [-0.39, 0.29) is 11.7 Å². The summed E-state index contributed by atoms with van der Waals surface area (Å²) < 4.78 is 21.8. The third kappa shape index (κ3) is 5.60. The number of benzene rings is 3. The average molecular weight is 591 g/mol. The first-order valence-electron chi connectivity index (χ1n) is 14.8. The van der Waals surface area contributed by atoms with Gasteiger partial charge in [0.2, 0.25) is 0 Å². The van der Waals surface area contributed by atoms with Crippen LogP contribution >= 0.6 is 0 Å². The van der Waals surface area contributed by atoms with Crippen LogP contribution in [0.3, 0.4) is 0 Å². The number of halogens is 1. The van der Waals surface area contributed by atoms with Crippen LogP contribution in [0, 0.1) is 5.82 Å². The van der Waals surface area contributed by atoms with Crippen molar-refractivity contribution < 1.29 is 13.9 Å². The Balaban J connectivity index is 1.44. The van der Waals surface area contributed by atoms with E-state index in [0.717, 1.165) is 34.0 Å². The maximum absolute atomic E-state index is 16.1. The molecule has 1 unspecified atom stereocenters. The Hall–Kier alpha value is -5.18. The van der Waals surface area contributed by atoms with E-state index in [2.05, 4.69) is 21.9 Å². The van der Waals surface area contributed by atoms with Crippen LogP contribution in [0.1, 0.15) is 53.6 Å². The first-order valence-corrected chi connectivity index (χ1v) is 14.8. The van der Waals surface area contributed by atoms with Crippen LogP contribution in [-0.2, 0) is 6.42 Å². The molecule has 1 saturated heterocycles. The Labute approximate surface area is 255 Å². The number of ether oxygens (including phenoxy) is 1. The van der Waals surface area contributed by atoms with Crippen molar-refractivity contribution >= 4 is 28.2 Å². The molecular weight excluding hydrogens is 555 g/mol. The second-order valence-electron chi connectivity index (χ2n) is 10.9. The monoisotopic (exact) mass is 590 g/mol.